The van der Waals surface area contributed by atoms with Crippen molar-refractivity contribution in [3.63, 3.8) is 0 Å². The third kappa shape index (κ3) is 7.19. The third-order valence-electron chi connectivity index (χ3n) is 12.8. The summed E-state index contributed by atoms with van der Waals surface area (Å²) in [6.07, 6.45) is 10.2. The predicted octanol–water partition coefficient (Wildman–Crippen LogP) is 5.03. The number of rotatable bonds is 7. The summed E-state index contributed by atoms with van der Waals surface area (Å²) in [5.41, 5.74) is 0.923. The lowest BCUT2D eigenvalue weighted by Gasteiger charge is -2.37. The molecule has 0 unspecified atom stereocenters. The molecule has 5 atom stereocenters. The zero-order chi connectivity index (χ0) is 40.3. The first-order chi connectivity index (χ1) is 27.2. The molecule has 0 radical (unpaired) electrons. The van der Waals surface area contributed by atoms with Gasteiger partial charge >= 0.3 is 0 Å². The molecular formula is C42H51N5O8S2. The highest BCUT2D eigenvalue weighted by Crippen LogP contribution is 2.49. The minimum absolute atomic E-state index is 0.0718. The van der Waals surface area contributed by atoms with Crippen molar-refractivity contribution in [2.24, 2.45) is 5.92 Å². The summed E-state index contributed by atoms with van der Waals surface area (Å²) >= 11 is 1.31. The van der Waals surface area contributed by atoms with Gasteiger partial charge in [-0.15, -0.1) is 11.3 Å². The maximum Gasteiger partial charge on any atom is 0.262 e. The first-order valence-corrected chi connectivity index (χ1v) is 22.5. The highest BCUT2D eigenvalue weighted by molar-refractivity contribution is 7.91. The molecule has 2 saturated carbocycles. The molecule has 15 heteroatoms. The van der Waals surface area contributed by atoms with E-state index in [9.17, 15) is 27.6 Å². The van der Waals surface area contributed by atoms with Crippen molar-refractivity contribution in [2.45, 2.75) is 126 Å². The number of hydrogen-bond acceptors (Lipinski definition) is 10. The Balaban J connectivity index is 1.16. The molecule has 13 nitrogen and oxygen atoms in total. The fourth-order valence-corrected chi connectivity index (χ4v) is 10.9. The summed E-state index contributed by atoms with van der Waals surface area (Å²) < 4.78 is 40.3. The quantitative estimate of drug-likeness (QED) is 0.277. The standard InChI is InChI=1S/C42H51N5O8S2/c1-5-30-34-28(29-21-27(54-4)13-14-31(29)43-30)15-17-41(55-34)23-33-36(48)45-42(39(51)46-57(52,53)40(3)18-19-40)22-26(42)11-9-7-6-8-10-12-32(38(50)47(33)24-41)44-37(49)35-25(2)16-20-56-35/h9,11,13-14,16,20-21,26,32-33H,5-8,10,12,15,17-19,22-24H2,1-4H3,(H,44,49)(H,45,48)(H,46,51)/t26-,32+,33+,41-,42-/m1/s1. The molecule has 0 bridgehead atoms. The number of hydrogen-bond donors (Lipinski definition) is 3. The van der Waals surface area contributed by atoms with Crippen molar-refractivity contribution in [1.82, 2.24) is 25.2 Å². The zero-order valence-corrected chi connectivity index (χ0v) is 34.6. The fraction of sp³-hybridized carbons (Fsp3) is 0.548. The number of thiophene rings is 1. The van der Waals surface area contributed by atoms with Crippen LogP contribution in [0.2, 0.25) is 0 Å². The van der Waals surface area contributed by atoms with Gasteiger partial charge in [0.2, 0.25) is 21.8 Å². The van der Waals surface area contributed by atoms with E-state index < -0.39 is 61.6 Å². The van der Waals surface area contributed by atoms with Crippen LogP contribution in [-0.2, 0) is 37.2 Å². The number of benzene rings is 1. The van der Waals surface area contributed by atoms with Gasteiger partial charge < -0.3 is 25.0 Å². The summed E-state index contributed by atoms with van der Waals surface area (Å²) in [6.45, 7) is 5.54. The summed E-state index contributed by atoms with van der Waals surface area (Å²) in [4.78, 5) is 64.3. The summed E-state index contributed by atoms with van der Waals surface area (Å²) in [5, 5.41) is 8.75. The van der Waals surface area contributed by atoms with E-state index >= 15 is 0 Å². The van der Waals surface area contributed by atoms with E-state index in [2.05, 4.69) is 15.4 Å². The van der Waals surface area contributed by atoms with Gasteiger partial charge in [0.1, 0.15) is 34.7 Å². The number of aromatic nitrogens is 1. The zero-order valence-electron chi connectivity index (χ0n) is 32.9. The highest BCUT2D eigenvalue weighted by atomic mass is 32.2. The van der Waals surface area contributed by atoms with Crippen LogP contribution in [0.15, 0.2) is 41.8 Å². The molecule has 2 aliphatic carbocycles. The van der Waals surface area contributed by atoms with Crippen molar-refractivity contribution >= 4 is 55.9 Å². The van der Waals surface area contributed by atoms with Crippen molar-refractivity contribution in [3.05, 3.63) is 63.5 Å². The maximum atomic E-state index is 14.9. The average molecular weight is 818 g/mol. The fourth-order valence-electron chi connectivity index (χ4n) is 8.77. The number of nitrogens with zero attached hydrogens (tertiary/aromatic N) is 2. The Labute approximate surface area is 337 Å². The number of aryl methyl sites for hydroxylation is 3. The Bertz CT molecular complexity index is 2290. The molecule has 3 aliphatic heterocycles. The lowest BCUT2D eigenvalue weighted by Crippen LogP contribution is -2.58. The highest BCUT2D eigenvalue weighted by Gasteiger charge is 2.64. The molecule has 57 heavy (non-hydrogen) atoms. The second-order valence-corrected chi connectivity index (χ2v) is 19.9. The molecule has 4 amide bonds. The SMILES string of the molecule is CCc1nc2ccc(OC)cc2c2c1O[C@]1(CC2)C[C@H]2C(=O)N[C@]3(C(=O)NS(=O)(=O)C4(C)CC4)C[C@H]3C=CCCCCC[C@H](NC(=O)c3sccc3C)C(=O)N2C1. The summed E-state index contributed by atoms with van der Waals surface area (Å²) in [7, 11) is -2.37. The second-order valence-electron chi connectivity index (χ2n) is 16.8. The van der Waals surface area contributed by atoms with Gasteiger partial charge in [0.25, 0.3) is 11.8 Å². The summed E-state index contributed by atoms with van der Waals surface area (Å²) in [6, 6.07) is 5.64. The molecule has 3 aromatic rings. The summed E-state index contributed by atoms with van der Waals surface area (Å²) in [5.74, 6) is -1.17. The van der Waals surface area contributed by atoms with Crippen LogP contribution in [0.5, 0.6) is 11.5 Å². The number of ether oxygens (including phenoxy) is 2. The first kappa shape index (κ1) is 39.3. The van der Waals surface area contributed by atoms with Crippen LogP contribution < -0.4 is 24.8 Å². The molecule has 1 saturated heterocycles. The maximum absolute atomic E-state index is 14.9. The molecule has 5 heterocycles. The number of methoxy groups -OCH3 is 1. The van der Waals surface area contributed by atoms with Gasteiger partial charge in [0.15, 0.2) is 0 Å². The van der Waals surface area contributed by atoms with Crippen LogP contribution in [0.3, 0.4) is 0 Å². The van der Waals surface area contributed by atoms with E-state index in [0.717, 1.165) is 40.6 Å². The minimum atomic E-state index is -3.99. The van der Waals surface area contributed by atoms with Gasteiger partial charge in [-0.3, -0.25) is 23.9 Å². The van der Waals surface area contributed by atoms with Crippen LogP contribution in [0.25, 0.3) is 10.9 Å². The van der Waals surface area contributed by atoms with E-state index in [1.54, 1.807) is 14.0 Å². The molecule has 5 aliphatic rings. The molecule has 8 rings (SSSR count). The van der Waals surface area contributed by atoms with Crippen LogP contribution in [-0.4, -0.2) is 83.6 Å². The van der Waals surface area contributed by atoms with Crippen molar-refractivity contribution in [3.8, 4) is 11.5 Å². The molecule has 304 valence electrons. The van der Waals surface area contributed by atoms with Gasteiger partial charge in [-0.25, -0.2) is 13.4 Å². The average Bonchev–Trinajstić information content (AvgIpc) is 4.01. The van der Waals surface area contributed by atoms with Gasteiger partial charge in [0, 0.05) is 23.3 Å². The number of fused-ring (bicyclic) bond motifs is 5. The van der Waals surface area contributed by atoms with Crippen LogP contribution in [0.4, 0.5) is 0 Å². The molecule has 1 spiro atoms. The van der Waals surface area contributed by atoms with Crippen molar-refractivity contribution in [1.29, 1.82) is 0 Å². The van der Waals surface area contributed by atoms with Crippen molar-refractivity contribution in [2.75, 3.05) is 13.7 Å². The van der Waals surface area contributed by atoms with Crippen molar-refractivity contribution < 1.29 is 37.1 Å². The van der Waals surface area contributed by atoms with E-state index in [1.807, 2.05) is 55.6 Å². The normalized spacial score (nSPS) is 28.2. The lowest BCUT2D eigenvalue weighted by molar-refractivity contribution is -0.141. The Morgan fingerprint density at radius 1 is 1.12 bits per heavy atom. The number of nitrogens with one attached hydrogen (secondary N) is 3. The molecule has 3 N–H and O–H groups in total. The molecule has 2 aromatic heterocycles. The van der Waals surface area contributed by atoms with Crippen LogP contribution in [0.1, 0.15) is 105 Å². The van der Waals surface area contributed by atoms with E-state index in [-0.39, 0.29) is 25.3 Å². The predicted molar refractivity (Wildman–Crippen MR) is 216 cm³/mol. The number of carbonyl (C=O) groups excluding carboxylic acids is 4. The van der Waals surface area contributed by atoms with Gasteiger partial charge in [-0.2, -0.15) is 0 Å². The number of allylic oxidation sites excluding steroid dienone is 1. The first-order valence-electron chi connectivity index (χ1n) is 20.1. The van der Waals surface area contributed by atoms with E-state index in [1.165, 1.54) is 16.2 Å². The number of carbonyl (C=O) groups is 4. The largest absolute Gasteiger partial charge is 0.497 e. The Kier molecular flexibility index (Phi) is 10.1. The Morgan fingerprint density at radius 2 is 1.93 bits per heavy atom. The second kappa shape index (κ2) is 14.7. The minimum Gasteiger partial charge on any atom is -0.497 e. The van der Waals surface area contributed by atoms with Gasteiger partial charge in [-0.1, -0.05) is 31.9 Å². The smallest absolute Gasteiger partial charge is 0.262 e. The Hall–Kier alpha value is -4.50. The molecule has 3 fully saturated rings. The van der Waals surface area contributed by atoms with Gasteiger partial charge in [-0.05, 0) is 107 Å². The van der Waals surface area contributed by atoms with E-state index in [0.29, 0.717) is 67.7 Å². The number of pyridine rings is 1. The van der Waals surface area contributed by atoms with Gasteiger partial charge in [0.05, 0.1) is 34.5 Å². The number of sulfonamides is 1. The van der Waals surface area contributed by atoms with Crippen LogP contribution >= 0.6 is 11.3 Å². The van der Waals surface area contributed by atoms with Crippen LogP contribution in [0, 0.1) is 12.8 Å². The molecule has 1 aromatic carbocycles. The third-order valence-corrected chi connectivity index (χ3v) is 16.0. The lowest BCUT2D eigenvalue weighted by atomic mass is 9.87. The Morgan fingerprint density at radius 3 is 2.65 bits per heavy atom. The monoisotopic (exact) mass is 817 g/mol. The van der Waals surface area contributed by atoms with E-state index in [4.69, 9.17) is 14.5 Å². The number of amides is 4. The topological polar surface area (TPSA) is 173 Å². The molecular weight excluding hydrogens is 767 g/mol.